The molecule has 27 heavy (non-hydrogen) atoms. The number of hydrogen-bond acceptors (Lipinski definition) is 5. The van der Waals surface area contributed by atoms with Gasteiger partial charge < -0.3 is 19.9 Å². The molecule has 0 bridgehead atoms. The first-order chi connectivity index (χ1) is 13.0. The predicted octanol–water partition coefficient (Wildman–Crippen LogP) is 1.78. The summed E-state index contributed by atoms with van der Waals surface area (Å²) in [5, 5.41) is 10.6. The van der Waals surface area contributed by atoms with E-state index in [1.54, 1.807) is 9.80 Å². The minimum absolute atomic E-state index is 0.00219. The molecule has 2 N–H and O–H groups in total. The molecule has 2 aromatic heterocycles. The molecule has 3 rings (SSSR count). The highest BCUT2D eigenvalue weighted by Crippen LogP contribution is 2.14. The van der Waals surface area contributed by atoms with Gasteiger partial charge in [-0.15, -0.1) is 0 Å². The molecule has 2 aromatic rings. The zero-order valence-electron chi connectivity index (χ0n) is 14.3. The van der Waals surface area contributed by atoms with E-state index in [2.05, 4.69) is 4.98 Å². The van der Waals surface area contributed by atoms with Crippen LogP contribution in [0.15, 0.2) is 33.9 Å². The summed E-state index contributed by atoms with van der Waals surface area (Å²) in [5.41, 5.74) is 0.612. The van der Waals surface area contributed by atoms with Crippen molar-refractivity contribution in [2.24, 2.45) is 0 Å². The van der Waals surface area contributed by atoms with Gasteiger partial charge in [-0.1, -0.05) is 11.6 Å². The average molecular weight is 412 g/mol. The van der Waals surface area contributed by atoms with Crippen LogP contribution in [0.1, 0.15) is 27.1 Å². The van der Waals surface area contributed by atoms with Crippen LogP contribution in [-0.2, 0) is 4.79 Å². The summed E-state index contributed by atoms with van der Waals surface area (Å²) in [7, 11) is 0. The number of nitrogens with zero attached hydrogens (tertiary/aromatic N) is 2. The Kier molecular flexibility index (Phi) is 7.56. The Morgan fingerprint density at radius 2 is 1.74 bits per heavy atom. The molecule has 1 aliphatic rings. The van der Waals surface area contributed by atoms with Crippen LogP contribution >= 0.6 is 22.9 Å². The molecule has 1 saturated heterocycles. The molecule has 0 radical (unpaired) electrons. The summed E-state index contributed by atoms with van der Waals surface area (Å²) in [6.07, 6.45) is 2.08. The quantitative estimate of drug-likeness (QED) is 0.732. The van der Waals surface area contributed by atoms with Crippen molar-refractivity contribution in [3.8, 4) is 0 Å². The van der Waals surface area contributed by atoms with Gasteiger partial charge in [0.2, 0.25) is 0 Å². The van der Waals surface area contributed by atoms with Gasteiger partial charge in [-0.05, 0) is 23.9 Å². The van der Waals surface area contributed by atoms with Gasteiger partial charge in [0.15, 0.2) is 0 Å². The van der Waals surface area contributed by atoms with Crippen LogP contribution < -0.4 is 5.56 Å². The first kappa shape index (κ1) is 20.7. The molecule has 8 nitrogen and oxygen atoms in total. The molecule has 1 aliphatic heterocycles. The fourth-order valence-corrected chi connectivity index (χ4v) is 3.46. The van der Waals surface area contributed by atoms with Gasteiger partial charge >= 0.3 is 0 Å². The van der Waals surface area contributed by atoms with E-state index in [9.17, 15) is 14.4 Å². The van der Waals surface area contributed by atoms with Gasteiger partial charge in [0.25, 0.3) is 23.8 Å². The minimum atomic E-state index is -0.420. The summed E-state index contributed by atoms with van der Waals surface area (Å²) in [6, 6.07) is 3.19. The number of aromatic amines is 1. The second-order valence-corrected chi connectivity index (χ2v) is 6.81. The number of carboxylic acid groups (broad SMARTS) is 1. The van der Waals surface area contributed by atoms with Gasteiger partial charge in [0.05, 0.1) is 11.1 Å². The summed E-state index contributed by atoms with van der Waals surface area (Å²) < 4.78 is 0. The topological polar surface area (TPSA) is 111 Å². The number of amides is 2. The fraction of sp³-hybridized carbons (Fsp3) is 0.294. The maximum atomic E-state index is 12.6. The van der Waals surface area contributed by atoms with Crippen molar-refractivity contribution in [2.75, 3.05) is 26.2 Å². The maximum absolute atomic E-state index is 12.6. The lowest BCUT2D eigenvalue weighted by Gasteiger charge is -2.22. The van der Waals surface area contributed by atoms with Crippen molar-refractivity contribution in [1.82, 2.24) is 14.8 Å². The van der Waals surface area contributed by atoms with Crippen molar-refractivity contribution in [3.05, 3.63) is 55.6 Å². The summed E-state index contributed by atoms with van der Waals surface area (Å²) in [5.74, 6) is -0.199. The molecule has 0 spiro atoms. The highest BCUT2D eigenvalue weighted by Gasteiger charge is 2.24. The SMILES string of the molecule is O=C(c1ccsc1)N1CCCN(C(=O)c2c[nH]c(=O)c(Cl)c2)CC1.O=CO. The lowest BCUT2D eigenvalue weighted by molar-refractivity contribution is -0.122. The first-order valence-corrected chi connectivity index (χ1v) is 9.36. The summed E-state index contributed by atoms with van der Waals surface area (Å²) >= 11 is 7.27. The molecule has 1 fully saturated rings. The third-order valence-corrected chi connectivity index (χ3v) is 4.91. The third-order valence-electron chi connectivity index (χ3n) is 3.94. The summed E-state index contributed by atoms with van der Waals surface area (Å²) in [4.78, 5) is 50.5. The van der Waals surface area contributed by atoms with E-state index in [-0.39, 0.29) is 23.3 Å². The average Bonchev–Trinajstić information content (AvgIpc) is 3.08. The number of rotatable bonds is 2. The number of nitrogens with one attached hydrogen (secondary N) is 1. The Balaban J connectivity index is 0.000000817. The van der Waals surface area contributed by atoms with Crippen molar-refractivity contribution in [3.63, 3.8) is 0 Å². The van der Waals surface area contributed by atoms with Gasteiger partial charge in [0, 0.05) is 37.8 Å². The predicted molar refractivity (Wildman–Crippen MR) is 102 cm³/mol. The number of H-pyrrole nitrogens is 1. The minimum Gasteiger partial charge on any atom is -0.483 e. The smallest absolute Gasteiger partial charge is 0.290 e. The molecule has 2 amide bonds. The number of pyridine rings is 1. The van der Waals surface area contributed by atoms with E-state index in [1.807, 2.05) is 16.8 Å². The Morgan fingerprint density at radius 3 is 2.26 bits per heavy atom. The lowest BCUT2D eigenvalue weighted by Crippen LogP contribution is -2.37. The molecule has 144 valence electrons. The van der Waals surface area contributed by atoms with Crippen LogP contribution in [0, 0.1) is 0 Å². The Hall–Kier alpha value is -2.65. The molecule has 0 aromatic carbocycles. The van der Waals surface area contributed by atoms with Gasteiger partial charge in [0.1, 0.15) is 5.02 Å². The number of aromatic nitrogens is 1. The zero-order chi connectivity index (χ0) is 19.8. The monoisotopic (exact) mass is 411 g/mol. The maximum Gasteiger partial charge on any atom is 0.290 e. The van der Waals surface area contributed by atoms with Gasteiger partial charge in [-0.3, -0.25) is 19.2 Å². The van der Waals surface area contributed by atoms with Crippen molar-refractivity contribution >= 4 is 41.2 Å². The molecule has 0 atom stereocenters. The number of thiophene rings is 1. The molecule has 0 aliphatic carbocycles. The molecule has 0 unspecified atom stereocenters. The van der Waals surface area contributed by atoms with E-state index in [0.717, 1.165) is 0 Å². The molecule has 10 heteroatoms. The zero-order valence-corrected chi connectivity index (χ0v) is 15.8. The van der Waals surface area contributed by atoms with Crippen molar-refractivity contribution in [2.45, 2.75) is 6.42 Å². The van der Waals surface area contributed by atoms with Crippen LogP contribution in [0.2, 0.25) is 5.02 Å². The van der Waals surface area contributed by atoms with E-state index in [4.69, 9.17) is 21.5 Å². The largest absolute Gasteiger partial charge is 0.483 e. The van der Waals surface area contributed by atoms with Crippen LogP contribution in [-0.4, -0.2) is 64.4 Å². The number of hydrogen-bond donors (Lipinski definition) is 2. The molecular weight excluding hydrogens is 394 g/mol. The van der Waals surface area contributed by atoms with Gasteiger partial charge in [-0.25, -0.2) is 0 Å². The first-order valence-electron chi connectivity index (χ1n) is 8.04. The Morgan fingerprint density at radius 1 is 1.15 bits per heavy atom. The molecule has 0 saturated carbocycles. The van der Waals surface area contributed by atoms with Gasteiger partial charge in [-0.2, -0.15) is 11.3 Å². The summed E-state index contributed by atoms with van der Waals surface area (Å²) in [6.45, 7) is 1.86. The second kappa shape index (κ2) is 9.89. The van der Waals surface area contributed by atoms with Crippen LogP contribution in [0.5, 0.6) is 0 Å². The standard InChI is InChI=1S/C16H16ClN3O3S.CH2O2/c17-13-8-12(9-18-14(13)21)16(23)20-4-1-3-19(5-6-20)15(22)11-2-7-24-10-11;2-1-3/h2,7-10H,1,3-6H2,(H,18,21);1H,(H,2,3). The van der Waals surface area contributed by atoms with Crippen LogP contribution in [0.4, 0.5) is 0 Å². The van der Waals surface area contributed by atoms with E-state index in [0.29, 0.717) is 43.7 Å². The lowest BCUT2D eigenvalue weighted by atomic mass is 10.2. The molecular formula is C17H18ClN3O5S. The van der Waals surface area contributed by atoms with E-state index >= 15 is 0 Å². The molecule has 3 heterocycles. The highest BCUT2D eigenvalue weighted by atomic mass is 35.5. The third kappa shape index (κ3) is 5.41. The highest BCUT2D eigenvalue weighted by molar-refractivity contribution is 7.08. The number of halogens is 1. The van der Waals surface area contributed by atoms with Crippen LogP contribution in [0.3, 0.4) is 0 Å². The number of carbonyl (C=O) groups excluding carboxylic acids is 2. The second-order valence-electron chi connectivity index (χ2n) is 5.62. The van der Waals surface area contributed by atoms with E-state index in [1.165, 1.54) is 23.6 Å². The van der Waals surface area contributed by atoms with Crippen molar-refractivity contribution < 1.29 is 19.5 Å². The van der Waals surface area contributed by atoms with E-state index < -0.39 is 5.56 Å². The van der Waals surface area contributed by atoms with Crippen molar-refractivity contribution in [1.29, 1.82) is 0 Å². The fourth-order valence-electron chi connectivity index (χ4n) is 2.65. The normalized spacial score (nSPS) is 14.0. The number of carbonyl (C=O) groups is 3. The van der Waals surface area contributed by atoms with Crippen LogP contribution in [0.25, 0.3) is 0 Å². The Bertz CT molecular complexity index is 853. The Labute approximate surface area is 164 Å².